The summed E-state index contributed by atoms with van der Waals surface area (Å²) in [5.74, 6) is 2.27. The summed E-state index contributed by atoms with van der Waals surface area (Å²) in [5.41, 5.74) is 2.29. The maximum absolute atomic E-state index is 5.64. The van der Waals surface area contributed by atoms with Crippen LogP contribution in [0.2, 0.25) is 0 Å². The Labute approximate surface area is 161 Å². The van der Waals surface area contributed by atoms with Crippen molar-refractivity contribution < 1.29 is 4.74 Å². The number of hydrogen-bond donors (Lipinski definition) is 2. The zero-order chi connectivity index (χ0) is 18.5. The molecule has 2 fully saturated rings. The van der Waals surface area contributed by atoms with Crippen molar-refractivity contribution in [1.29, 1.82) is 0 Å². The van der Waals surface area contributed by atoms with Crippen LogP contribution in [-0.2, 0) is 4.74 Å². The van der Waals surface area contributed by atoms with E-state index in [9.17, 15) is 0 Å². The number of anilines is 4. The second kappa shape index (κ2) is 8.57. The third-order valence-corrected chi connectivity index (χ3v) is 5.46. The molecule has 0 bridgehead atoms. The summed E-state index contributed by atoms with van der Waals surface area (Å²) in [5, 5.41) is 6.64. The van der Waals surface area contributed by atoms with Crippen molar-refractivity contribution in [3.05, 3.63) is 36.5 Å². The average molecular weight is 367 g/mol. The quantitative estimate of drug-likeness (QED) is 0.803. The van der Waals surface area contributed by atoms with Gasteiger partial charge in [0.05, 0.1) is 6.10 Å². The monoisotopic (exact) mass is 367 g/mol. The first-order chi connectivity index (χ1) is 13.3. The molecule has 6 heteroatoms. The summed E-state index contributed by atoms with van der Waals surface area (Å²) < 4.78 is 5.64. The van der Waals surface area contributed by atoms with Crippen LogP contribution in [0.5, 0.6) is 0 Å². The van der Waals surface area contributed by atoms with Gasteiger partial charge < -0.3 is 20.3 Å². The highest BCUT2D eigenvalue weighted by Crippen LogP contribution is 2.25. The molecule has 0 radical (unpaired) electrons. The topological polar surface area (TPSA) is 62.3 Å². The molecule has 0 spiro atoms. The SMILES string of the molecule is CC1CCN(c2ccc(Nc3nccc(NCC4CCCO4)n3)cc2)CC1. The minimum absolute atomic E-state index is 0.293. The van der Waals surface area contributed by atoms with E-state index in [0.29, 0.717) is 12.1 Å². The Bertz CT molecular complexity index is 722. The summed E-state index contributed by atoms with van der Waals surface area (Å²) in [6.45, 7) is 6.30. The Morgan fingerprint density at radius 2 is 1.93 bits per heavy atom. The van der Waals surface area contributed by atoms with Crippen LogP contribution in [0.25, 0.3) is 0 Å². The highest BCUT2D eigenvalue weighted by molar-refractivity contribution is 5.60. The Balaban J connectivity index is 1.33. The highest BCUT2D eigenvalue weighted by Gasteiger charge is 2.16. The maximum atomic E-state index is 5.64. The second-order valence-corrected chi connectivity index (χ2v) is 7.62. The summed E-state index contributed by atoms with van der Waals surface area (Å²) in [6.07, 6.45) is 6.89. The Kier molecular flexibility index (Phi) is 5.72. The molecular weight excluding hydrogens is 338 g/mol. The van der Waals surface area contributed by atoms with Gasteiger partial charge in [-0.1, -0.05) is 6.92 Å². The van der Waals surface area contributed by atoms with Crippen LogP contribution < -0.4 is 15.5 Å². The van der Waals surface area contributed by atoms with Crippen molar-refractivity contribution in [2.75, 3.05) is 41.8 Å². The van der Waals surface area contributed by atoms with Crippen LogP contribution in [0.4, 0.5) is 23.1 Å². The third-order valence-electron chi connectivity index (χ3n) is 5.46. The third kappa shape index (κ3) is 4.89. The molecule has 2 aliphatic rings. The van der Waals surface area contributed by atoms with Crippen molar-refractivity contribution in [2.24, 2.45) is 5.92 Å². The normalized spacial score (nSPS) is 20.6. The Morgan fingerprint density at radius 3 is 2.67 bits per heavy atom. The first-order valence-corrected chi connectivity index (χ1v) is 10.1. The molecule has 1 aromatic heterocycles. The minimum atomic E-state index is 0.293. The number of aromatic nitrogens is 2. The lowest BCUT2D eigenvalue weighted by Crippen LogP contribution is -2.32. The van der Waals surface area contributed by atoms with E-state index in [1.165, 1.54) is 18.5 Å². The molecule has 4 rings (SSSR count). The van der Waals surface area contributed by atoms with E-state index in [-0.39, 0.29) is 0 Å². The molecule has 144 valence electrons. The van der Waals surface area contributed by atoms with Gasteiger partial charge >= 0.3 is 0 Å². The molecule has 1 unspecified atom stereocenters. The molecule has 0 aliphatic carbocycles. The number of nitrogens with zero attached hydrogens (tertiary/aromatic N) is 3. The molecule has 1 atom stereocenters. The maximum Gasteiger partial charge on any atom is 0.229 e. The molecule has 6 nitrogen and oxygen atoms in total. The lowest BCUT2D eigenvalue weighted by Gasteiger charge is -2.32. The lowest BCUT2D eigenvalue weighted by molar-refractivity contribution is 0.120. The molecular formula is C21H29N5O. The molecule has 3 heterocycles. The van der Waals surface area contributed by atoms with E-state index in [4.69, 9.17) is 4.74 Å². The molecule has 2 N–H and O–H groups in total. The summed E-state index contributed by atoms with van der Waals surface area (Å²) in [4.78, 5) is 11.3. The van der Waals surface area contributed by atoms with Gasteiger partial charge in [-0.05, 0) is 61.9 Å². The predicted octanol–water partition coefficient (Wildman–Crippen LogP) is 4.05. The number of piperidine rings is 1. The highest BCUT2D eigenvalue weighted by atomic mass is 16.5. The van der Waals surface area contributed by atoms with Crippen molar-refractivity contribution in [1.82, 2.24) is 9.97 Å². The molecule has 2 saturated heterocycles. The molecule has 2 aromatic rings. The van der Waals surface area contributed by atoms with Crippen LogP contribution in [0.1, 0.15) is 32.6 Å². The zero-order valence-corrected chi connectivity index (χ0v) is 16.0. The fraction of sp³-hybridized carbons (Fsp3) is 0.524. The fourth-order valence-corrected chi connectivity index (χ4v) is 3.69. The van der Waals surface area contributed by atoms with E-state index in [1.807, 2.05) is 6.07 Å². The predicted molar refractivity (Wildman–Crippen MR) is 110 cm³/mol. The van der Waals surface area contributed by atoms with Gasteiger partial charge in [0.25, 0.3) is 0 Å². The van der Waals surface area contributed by atoms with Gasteiger partial charge in [-0.3, -0.25) is 0 Å². The Hall–Kier alpha value is -2.34. The summed E-state index contributed by atoms with van der Waals surface area (Å²) in [7, 11) is 0. The van der Waals surface area contributed by atoms with Crippen LogP contribution in [0.3, 0.4) is 0 Å². The molecule has 0 saturated carbocycles. The number of ether oxygens (including phenoxy) is 1. The number of nitrogens with one attached hydrogen (secondary N) is 2. The molecule has 27 heavy (non-hydrogen) atoms. The number of rotatable bonds is 6. The second-order valence-electron chi connectivity index (χ2n) is 7.62. The van der Waals surface area contributed by atoms with E-state index < -0.39 is 0 Å². The number of benzene rings is 1. The van der Waals surface area contributed by atoms with Crippen molar-refractivity contribution >= 4 is 23.1 Å². The van der Waals surface area contributed by atoms with Gasteiger partial charge in [-0.2, -0.15) is 4.98 Å². The van der Waals surface area contributed by atoms with Crippen molar-refractivity contribution in [2.45, 2.75) is 38.7 Å². The lowest BCUT2D eigenvalue weighted by atomic mass is 9.99. The van der Waals surface area contributed by atoms with E-state index in [0.717, 1.165) is 56.5 Å². The van der Waals surface area contributed by atoms with Gasteiger partial charge in [0.1, 0.15) is 5.82 Å². The standard InChI is InChI=1S/C21H29N5O/c1-16-9-12-26(13-10-16)18-6-4-17(5-7-18)24-21-22-11-8-20(25-21)23-15-19-3-2-14-27-19/h4-8,11,16,19H,2-3,9-10,12-15H2,1H3,(H2,22,23,24,25). The van der Waals surface area contributed by atoms with Crippen LogP contribution in [0.15, 0.2) is 36.5 Å². The van der Waals surface area contributed by atoms with E-state index in [2.05, 4.69) is 56.7 Å². The van der Waals surface area contributed by atoms with E-state index >= 15 is 0 Å². The van der Waals surface area contributed by atoms with Gasteiger partial charge in [0, 0.05) is 43.8 Å². The smallest absolute Gasteiger partial charge is 0.229 e. The first-order valence-electron chi connectivity index (χ1n) is 10.1. The Morgan fingerprint density at radius 1 is 1.11 bits per heavy atom. The van der Waals surface area contributed by atoms with Gasteiger partial charge in [-0.25, -0.2) is 4.98 Å². The molecule has 0 amide bonds. The van der Waals surface area contributed by atoms with Crippen LogP contribution in [-0.4, -0.2) is 42.3 Å². The average Bonchev–Trinajstić information content (AvgIpc) is 3.22. The molecule has 1 aromatic carbocycles. The fourth-order valence-electron chi connectivity index (χ4n) is 3.69. The zero-order valence-electron chi connectivity index (χ0n) is 16.0. The van der Waals surface area contributed by atoms with Crippen molar-refractivity contribution in [3.63, 3.8) is 0 Å². The molecule has 2 aliphatic heterocycles. The summed E-state index contributed by atoms with van der Waals surface area (Å²) >= 11 is 0. The largest absolute Gasteiger partial charge is 0.376 e. The van der Waals surface area contributed by atoms with Crippen LogP contribution >= 0.6 is 0 Å². The van der Waals surface area contributed by atoms with E-state index in [1.54, 1.807) is 6.20 Å². The minimum Gasteiger partial charge on any atom is -0.376 e. The van der Waals surface area contributed by atoms with Gasteiger partial charge in [-0.15, -0.1) is 0 Å². The number of hydrogen-bond acceptors (Lipinski definition) is 6. The van der Waals surface area contributed by atoms with Gasteiger partial charge in [0.2, 0.25) is 5.95 Å². The summed E-state index contributed by atoms with van der Waals surface area (Å²) in [6, 6.07) is 10.4. The van der Waals surface area contributed by atoms with Gasteiger partial charge in [0.15, 0.2) is 0 Å². The van der Waals surface area contributed by atoms with Crippen LogP contribution in [0, 0.1) is 5.92 Å². The first kappa shape index (κ1) is 18.0. The van der Waals surface area contributed by atoms with Crippen molar-refractivity contribution in [3.8, 4) is 0 Å².